The minimum Gasteiger partial charge on any atom is -0.225 e. The summed E-state index contributed by atoms with van der Waals surface area (Å²) in [6.07, 6.45) is 0. The highest BCUT2D eigenvalue weighted by atomic mass is 35.5. The number of benzene rings is 1. The minimum absolute atomic E-state index is 0.133. The number of hydrogen-bond donors (Lipinski definition) is 0. The zero-order chi connectivity index (χ0) is 10.1. The number of hydrogen-bond acceptors (Lipinski definition) is 2. The number of rotatable bonds is 1. The van der Waals surface area contributed by atoms with E-state index in [-0.39, 0.29) is 5.56 Å². The molecular formula is C9H4ClF2NS. The Bertz CT molecular complexity index is 470. The van der Waals surface area contributed by atoms with Crippen molar-refractivity contribution in [2.75, 3.05) is 0 Å². The van der Waals surface area contributed by atoms with Gasteiger partial charge in [-0.15, -0.1) is 11.3 Å². The molecule has 0 bridgehead atoms. The summed E-state index contributed by atoms with van der Waals surface area (Å²) in [5.74, 6) is -1.00. The van der Waals surface area contributed by atoms with Gasteiger partial charge >= 0.3 is 0 Å². The first-order chi connectivity index (χ1) is 6.66. The number of nitrogens with zero attached hydrogens (tertiary/aromatic N) is 1. The maximum atomic E-state index is 13.2. The van der Waals surface area contributed by atoms with E-state index in [0.29, 0.717) is 10.2 Å². The Balaban J connectivity index is 2.55. The largest absolute Gasteiger partial charge is 0.225 e. The second-order valence-corrected chi connectivity index (χ2v) is 4.05. The van der Waals surface area contributed by atoms with Gasteiger partial charge in [-0.2, -0.15) is 0 Å². The molecule has 0 unspecified atom stereocenters. The fourth-order valence-electron chi connectivity index (χ4n) is 1.07. The van der Waals surface area contributed by atoms with Crippen LogP contribution >= 0.6 is 22.9 Å². The smallest absolute Gasteiger partial charge is 0.184 e. The van der Waals surface area contributed by atoms with Crippen molar-refractivity contribution >= 4 is 22.9 Å². The van der Waals surface area contributed by atoms with Gasteiger partial charge in [0.2, 0.25) is 0 Å². The first-order valence-corrected chi connectivity index (χ1v) is 4.99. The quantitative estimate of drug-likeness (QED) is 0.729. The van der Waals surface area contributed by atoms with Crippen LogP contribution in [0.5, 0.6) is 0 Å². The second-order valence-electron chi connectivity index (χ2n) is 2.61. The molecule has 2 rings (SSSR count). The number of aromatic nitrogens is 1. The molecule has 0 aliphatic heterocycles. The topological polar surface area (TPSA) is 12.9 Å². The highest BCUT2D eigenvalue weighted by Gasteiger charge is 2.09. The van der Waals surface area contributed by atoms with E-state index in [2.05, 4.69) is 4.98 Å². The van der Waals surface area contributed by atoms with Crippen molar-refractivity contribution in [2.24, 2.45) is 0 Å². The van der Waals surface area contributed by atoms with Crippen LogP contribution in [0.1, 0.15) is 0 Å². The van der Waals surface area contributed by atoms with Gasteiger partial charge in [0.25, 0.3) is 0 Å². The maximum Gasteiger partial charge on any atom is 0.184 e. The summed E-state index contributed by atoms with van der Waals surface area (Å²) < 4.78 is 26.3. The molecule has 1 nitrogen and oxygen atoms in total. The van der Waals surface area contributed by atoms with Gasteiger partial charge in [0, 0.05) is 10.9 Å². The van der Waals surface area contributed by atoms with Gasteiger partial charge in [0.05, 0.1) is 5.69 Å². The fourth-order valence-corrected chi connectivity index (χ4v) is 1.83. The van der Waals surface area contributed by atoms with E-state index in [0.717, 1.165) is 18.2 Å². The molecule has 0 saturated heterocycles. The highest BCUT2D eigenvalue weighted by molar-refractivity contribution is 7.14. The third kappa shape index (κ3) is 1.76. The Morgan fingerprint density at radius 3 is 2.71 bits per heavy atom. The molecule has 72 valence electrons. The molecule has 0 spiro atoms. The molecule has 1 aromatic carbocycles. The lowest BCUT2D eigenvalue weighted by Crippen LogP contribution is -1.85. The van der Waals surface area contributed by atoms with E-state index in [9.17, 15) is 8.78 Å². The second kappa shape index (κ2) is 3.63. The molecule has 14 heavy (non-hydrogen) atoms. The van der Waals surface area contributed by atoms with Gasteiger partial charge in [0.15, 0.2) is 4.47 Å². The molecule has 0 aliphatic carbocycles. The molecular weight excluding hydrogens is 228 g/mol. The molecule has 0 amide bonds. The molecule has 5 heteroatoms. The molecule has 0 fully saturated rings. The number of halogens is 3. The van der Waals surface area contributed by atoms with E-state index in [1.165, 1.54) is 11.3 Å². The third-order valence-corrected chi connectivity index (χ3v) is 2.66. The van der Waals surface area contributed by atoms with Crippen molar-refractivity contribution in [3.8, 4) is 11.3 Å². The van der Waals surface area contributed by atoms with Crippen LogP contribution in [0, 0.1) is 11.6 Å². The van der Waals surface area contributed by atoms with Crippen molar-refractivity contribution in [1.82, 2.24) is 4.98 Å². The predicted molar refractivity (Wildman–Crippen MR) is 52.5 cm³/mol. The van der Waals surface area contributed by atoms with Crippen LogP contribution in [0.4, 0.5) is 8.78 Å². The van der Waals surface area contributed by atoms with Crippen molar-refractivity contribution in [1.29, 1.82) is 0 Å². The van der Waals surface area contributed by atoms with Crippen LogP contribution in [0.25, 0.3) is 11.3 Å². The van der Waals surface area contributed by atoms with E-state index in [1.54, 1.807) is 5.38 Å². The minimum atomic E-state index is -0.506. The summed E-state index contributed by atoms with van der Waals surface area (Å²) in [6.45, 7) is 0. The Hall–Kier alpha value is -1.00. The summed E-state index contributed by atoms with van der Waals surface area (Å²) in [7, 11) is 0. The zero-order valence-electron chi connectivity index (χ0n) is 6.80. The summed E-state index contributed by atoms with van der Waals surface area (Å²) >= 11 is 6.77. The fraction of sp³-hybridized carbons (Fsp3) is 0. The van der Waals surface area contributed by atoms with Gasteiger partial charge in [0.1, 0.15) is 11.6 Å². The highest BCUT2D eigenvalue weighted by Crippen LogP contribution is 2.27. The third-order valence-electron chi connectivity index (χ3n) is 1.68. The van der Waals surface area contributed by atoms with Crippen LogP contribution < -0.4 is 0 Å². The first-order valence-electron chi connectivity index (χ1n) is 3.73. The standard InChI is InChI=1S/C9H4ClF2NS/c10-9-13-8(4-14-9)6-3-5(11)1-2-7(6)12/h1-4H. The predicted octanol–water partition coefficient (Wildman–Crippen LogP) is 3.74. The maximum absolute atomic E-state index is 13.2. The monoisotopic (exact) mass is 231 g/mol. The average Bonchev–Trinajstić information content (AvgIpc) is 2.56. The molecule has 1 heterocycles. The lowest BCUT2D eigenvalue weighted by Gasteiger charge is -1.98. The van der Waals surface area contributed by atoms with Crippen LogP contribution in [-0.4, -0.2) is 4.98 Å². The normalized spacial score (nSPS) is 10.5. The summed E-state index contributed by atoms with van der Waals surface area (Å²) in [4.78, 5) is 3.86. The van der Waals surface area contributed by atoms with Crippen LogP contribution in [-0.2, 0) is 0 Å². The van der Waals surface area contributed by atoms with Gasteiger partial charge in [-0.3, -0.25) is 0 Å². The van der Waals surface area contributed by atoms with Crippen molar-refractivity contribution in [3.05, 3.63) is 39.7 Å². The SMILES string of the molecule is Fc1ccc(F)c(-c2csc(Cl)n2)c1. The molecule has 0 aliphatic rings. The molecule has 0 saturated carbocycles. The van der Waals surface area contributed by atoms with E-state index in [4.69, 9.17) is 11.6 Å². The Labute approximate surface area is 88.0 Å². The molecule has 0 atom stereocenters. The molecule has 0 radical (unpaired) electrons. The molecule has 1 aromatic heterocycles. The average molecular weight is 232 g/mol. The Morgan fingerprint density at radius 2 is 2.07 bits per heavy atom. The van der Waals surface area contributed by atoms with Crippen LogP contribution in [0.2, 0.25) is 4.47 Å². The van der Waals surface area contributed by atoms with Gasteiger partial charge in [-0.25, -0.2) is 13.8 Å². The van der Waals surface area contributed by atoms with Crippen molar-refractivity contribution in [2.45, 2.75) is 0 Å². The summed E-state index contributed by atoms with van der Waals surface area (Å²) in [5, 5.41) is 1.58. The van der Waals surface area contributed by atoms with Crippen molar-refractivity contribution < 1.29 is 8.78 Å². The number of thiazole rings is 1. The summed E-state index contributed by atoms with van der Waals surface area (Å²) in [5.41, 5.74) is 0.491. The lowest BCUT2D eigenvalue weighted by atomic mass is 10.1. The van der Waals surface area contributed by atoms with E-state index < -0.39 is 11.6 Å². The summed E-state index contributed by atoms with van der Waals surface area (Å²) in [6, 6.07) is 3.23. The molecule has 0 N–H and O–H groups in total. The van der Waals surface area contributed by atoms with Gasteiger partial charge < -0.3 is 0 Å². The van der Waals surface area contributed by atoms with Crippen LogP contribution in [0.15, 0.2) is 23.6 Å². The lowest BCUT2D eigenvalue weighted by molar-refractivity contribution is 0.603. The van der Waals surface area contributed by atoms with E-state index >= 15 is 0 Å². The Morgan fingerprint density at radius 1 is 1.29 bits per heavy atom. The first kappa shape index (κ1) is 9.55. The zero-order valence-corrected chi connectivity index (χ0v) is 8.37. The molecule has 2 aromatic rings. The Kier molecular flexibility index (Phi) is 2.48. The van der Waals surface area contributed by atoms with E-state index in [1.807, 2.05) is 0 Å². The van der Waals surface area contributed by atoms with Gasteiger partial charge in [-0.05, 0) is 18.2 Å². The van der Waals surface area contributed by atoms with Crippen molar-refractivity contribution in [3.63, 3.8) is 0 Å². The van der Waals surface area contributed by atoms with Gasteiger partial charge in [-0.1, -0.05) is 11.6 Å². The van der Waals surface area contributed by atoms with Crippen LogP contribution in [0.3, 0.4) is 0 Å².